The minimum absolute atomic E-state index is 0.671. The van der Waals surface area contributed by atoms with E-state index in [0.717, 1.165) is 37.9 Å². The normalized spacial score (nSPS) is 11.7. The molecule has 0 spiro atoms. The zero-order chi connectivity index (χ0) is 29.9. The fourth-order valence-corrected chi connectivity index (χ4v) is 7.20. The Balaban J connectivity index is 1.20. The van der Waals surface area contributed by atoms with Crippen molar-refractivity contribution in [3.05, 3.63) is 156 Å². The van der Waals surface area contributed by atoms with Gasteiger partial charge in [-0.15, -0.1) is 0 Å². The van der Waals surface area contributed by atoms with Crippen molar-refractivity contribution >= 4 is 59.5 Å². The van der Waals surface area contributed by atoms with Crippen LogP contribution in [0.25, 0.3) is 77.5 Å². The summed E-state index contributed by atoms with van der Waals surface area (Å²) in [5.74, 6) is 0.671. The highest BCUT2D eigenvalue weighted by atomic mass is 79.9. The van der Waals surface area contributed by atoms with E-state index in [4.69, 9.17) is 0 Å². The van der Waals surface area contributed by atoms with Gasteiger partial charge in [-0.1, -0.05) is 82.7 Å². The second-order valence-corrected chi connectivity index (χ2v) is 12.2. The van der Waals surface area contributed by atoms with Crippen LogP contribution in [-0.2, 0) is 0 Å². The minimum atomic E-state index is 0.671. The van der Waals surface area contributed by atoms with Crippen LogP contribution >= 0.6 is 15.9 Å². The molecule has 0 amide bonds. The summed E-state index contributed by atoms with van der Waals surface area (Å²) in [6.07, 6.45) is 3.58. The lowest BCUT2D eigenvalue weighted by Gasteiger charge is -2.10. The van der Waals surface area contributed by atoms with E-state index in [2.05, 4.69) is 168 Å². The van der Waals surface area contributed by atoms with Crippen molar-refractivity contribution in [2.45, 2.75) is 0 Å². The van der Waals surface area contributed by atoms with Crippen LogP contribution in [0.5, 0.6) is 0 Å². The van der Waals surface area contributed by atoms with E-state index in [-0.39, 0.29) is 0 Å². The molecule has 0 saturated carbocycles. The van der Waals surface area contributed by atoms with Gasteiger partial charge >= 0.3 is 0 Å². The van der Waals surface area contributed by atoms with Gasteiger partial charge < -0.3 is 4.57 Å². The van der Waals surface area contributed by atoms with Gasteiger partial charge in [0, 0.05) is 44.1 Å². The van der Waals surface area contributed by atoms with Crippen molar-refractivity contribution in [3.63, 3.8) is 0 Å². The second-order valence-electron chi connectivity index (χ2n) is 11.3. The summed E-state index contributed by atoms with van der Waals surface area (Å²) in [6, 6.07) is 49.8. The first kappa shape index (κ1) is 25.9. The number of rotatable bonds is 4. The molecule has 9 aromatic rings. The molecular weight excluding hydrogens is 616 g/mol. The third-order valence-electron chi connectivity index (χ3n) is 8.68. The van der Waals surface area contributed by atoms with Gasteiger partial charge in [0.05, 0.1) is 22.1 Å². The summed E-state index contributed by atoms with van der Waals surface area (Å²) in [5, 5.41) is 4.84. The number of hydrogen-bond acceptors (Lipinski definition) is 2. The van der Waals surface area contributed by atoms with Gasteiger partial charge in [0.25, 0.3) is 0 Å². The number of nitrogens with zero attached hydrogens (tertiary/aromatic N) is 4. The first-order valence-electron chi connectivity index (χ1n) is 14.9. The lowest BCUT2D eigenvalue weighted by Crippen LogP contribution is -1.99. The first-order chi connectivity index (χ1) is 22.2. The van der Waals surface area contributed by atoms with E-state index in [1.54, 1.807) is 12.4 Å². The topological polar surface area (TPSA) is 35.6 Å². The van der Waals surface area contributed by atoms with Crippen LogP contribution in [0.3, 0.4) is 0 Å². The van der Waals surface area contributed by atoms with Crippen molar-refractivity contribution in [1.82, 2.24) is 19.1 Å². The highest BCUT2D eigenvalue weighted by Crippen LogP contribution is 2.38. The molecule has 0 saturated heterocycles. The lowest BCUT2D eigenvalue weighted by atomic mass is 9.97. The molecule has 5 heteroatoms. The maximum Gasteiger partial charge on any atom is 0.234 e. The van der Waals surface area contributed by atoms with Gasteiger partial charge in [-0.25, -0.2) is 9.97 Å². The Morgan fingerprint density at radius 1 is 0.400 bits per heavy atom. The Morgan fingerprint density at radius 2 is 0.911 bits per heavy atom. The SMILES string of the molecule is Brc1cc(-c2ccc3c(c2)c2ccccc2n3-c2ccccc2)cc(-c2ccc3c(c2)c2ccccc2n3-c2ncccn2)c1. The monoisotopic (exact) mass is 640 g/mol. The molecule has 9 rings (SSSR count). The summed E-state index contributed by atoms with van der Waals surface area (Å²) in [7, 11) is 0. The maximum absolute atomic E-state index is 4.56. The quantitative estimate of drug-likeness (QED) is 0.192. The Labute approximate surface area is 268 Å². The number of para-hydroxylation sites is 3. The molecule has 0 aliphatic heterocycles. The van der Waals surface area contributed by atoms with Crippen molar-refractivity contribution < 1.29 is 0 Å². The molecular formula is C40H25BrN4. The summed E-state index contributed by atoms with van der Waals surface area (Å²) < 4.78 is 5.54. The highest BCUT2D eigenvalue weighted by molar-refractivity contribution is 9.10. The Bertz CT molecular complexity index is 2370. The van der Waals surface area contributed by atoms with Crippen LogP contribution in [-0.4, -0.2) is 19.1 Å². The molecule has 0 fully saturated rings. The van der Waals surface area contributed by atoms with E-state index < -0.39 is 0 Å². The van der Waals surface area contributed by atoms with Crippen LogP contribution in [0.1, 0.15) is 0 Å². The number of benzene rings is 6. The molecule has 0 aliphatic rings. The molecule has 3 aromatic heterocycles. The molecule has 0 atom stereocenters. The standard InChI is InChI=1S/C40H25BrN4/c41-30-22-28(26-15-17-38-34(24-26)32-11-4-6-13-36(32)44(38)31-9-2-1-3-10-31)21-29(23-30)27-16-18-39-35(25-27)33-12-5-7-14-37(33)45(39)40-42-19-8-20-43-40/h1-25H. The zero-order valence-electron chi connectivity index (χ0n) is 24.1. The molecule has 0 unspecified atom stereocenters. The number of aromatic nitrogens is 4. The van der Waals surface area contributed by atoms with E-state index in [1.807, 2.05) is 6.07 Å². The fraction of sp³-hybridized carbons (Fsp3) is 0. The number of fused-ring (bicyclic) bond motifs is 6. The second kappa shape index (κ2) is 10.3. The van der Waals surface area contributed by atoms with Gasteiger partial charge in [-0.05, 0) is 95.1 Å². The minimum Gasteiger partial charge on any atom is -0.309 e. The Morgan fingerprint density at radius 3 is 1.53 bits per heavy atom. The van der Waals surface area contributed by atoms with Crippen LogP contribution in [0.2, 0.25) is 0 Å². The predicted octanol–water partition coefficient (Wildman–Crippen LogP) is 10.8. The molecule has 0 aliphatic carbocycles. The van der Waals surface area contributed by atoms with Crippen LogP contribution < -0.4 is 0 Å². The van der Waals surface area contributed by atoms with E-state index in [9.17, 15) is 0 Å². The average Bonchev–Trinajstić information content (AvgIpc) is 3.61. The van der Waals surface area contributed by atoms with Gasteiger partial charge in [-0.2, -0.15) is 0 Å². The van der Waals surface area contributed by atoms with Gasteiger partial charge in [0.1, 0.15) is 0 Å². The van der Waals surface area contributed by atoms with Crippen LogP contribution in [0.15, 0.2) is 156 Å². The Hall–Kier alpha value is -5.52. The molecule has 0 bridgehead atoms. The number of halogens is 1. The van der Waals surface area contributed by atoms with Crippen LogP contribution in [0.4, 0.5) is 0 Å². The smallest absolute Gasteiger partial charge is 0.234 e. The maximum atomic E-state index is 4.56. The highest BCUT2D eigenvalue weighted by Gasteiger charge is 2.16. The van der Waals surface area contributed by atoms with Crippen molar-refractivity contribution in [1.29, 1.82) is 0 Å². The van der Waals surface area contributed by atoms with E-state index in [1.165, 1.54) is 38.1 Å². The summed E-state index contributed by atoms with van der Waals surface area (Å²) in [4.78, 5) is 9.12. The molecule has 0 radical (unpaired) electrons. The summed E-state index contributed by atoms with van der Waals surface area (Å²) in [5.41, 5.74) is 10.4. The van der Waals surface area contributed by atoms with E-state index >= 15 is 0 Å². The molecule has 3 heterocycles. The summed E-state index contributed by atoms with van der Waals surface area (Å²) in [6.45, 7) is 0. The predicted molar refractivity (Wildman–Crippen MR) is 189 cm³/mol. The fourth-order valence-electron chi connectivity index (χ4n) is 6.71. The number of hydrogen-bond donors (Lipinski definition) is 0. The molecule has 212 valence electrons. The largest absolute Gasteiger partial charge is 0.309 e. The third-order valence-corrected chi connectivity index (χ3v) is 9.13. The molecule has 0 N–H and O–H groups in total. The Kier molecular flexibility index (Phi) is 5.93. The van der Waals surface area contributed by atoms with Gasteiger partial charge in [0.2, 0.25) is 5.95 Å². The van der Waals surface area contributed by atoms with Crippen molar-refractivity contribution in [2.75, 3.05) is 0 Å². The van der Waals surface area contributed by atoms with Crippen molar-refractivity contribution in [2.24, 2.45) is 0 Å². The summed E-state index contributed by atoms with van der Waals surface area (Å²) >= 11 is 3.83. The zero-order valence-corrected chi connectivity index (χ0v) is 25.7. The average molecular weight is 642 g/mol. The molecule has 6 aromatic carbocycles. The van der Waals surface area contributed by atoms with Gasteiger partial charge in [-0.3, -0.25) is 4.57 Å². The lowest BCUT2D eigenvalue weighted by molar-refractivity contribution is 0.988. The van der Waals surface area contributed by atoms with Gasteiger partial charge in [0.15, 0.2) is 0 Å². The third kappa shape index (κ3) is 4.20. The van der Waals surface area contributed by atoms with Crippen molar-refractivity contribution in [3.8, 4) is 33.9 Å². The molecule has 45 heavy (non-hydrogen) atoms. The van der Waals surface area contributed by atoms with Crippen LogP contribution in [0, 0.1) is 0 Å². The molecule has 4 nitrogen and oxygen atoms in total. The van der Waals surface area contributed by atoms with E-state index in [0.29, 0.717) is 5.95 Å². The first-order valence-corrected chi connectivity index (χ1v) is 15.7.